The predicted octanol–water partition coefficient (Wildman–Crippen LogP) is 1.29. The quantitative estimate of drug-likeness (QED) is 0.747. The van der Waals surface area contributed by atoms with Crippen LogP contribution in [0.4, 0.5) is 11.8 Å². The second-order valence-electron chi connectivity index (χ2n) is 3.73. The third-order valence-corrected chi connectivity index (χ3v) is 2.34. The summed E-state index contributed by atoms with van der Waals surface area (Å²) in [5, 5.41) is 3.26. The first-order valence-electron chi connectivity index (χ1n) is 5.63. The van der Waals surface area contributed by atoms with E-state index in [0.717, 1.165) is 12.8 Å². The average Bonchev–Trinajstić information content (AvgIpc) is 2.30. The van der Waals surface area contributed by atoms with Crippen molar-refractivity contribution >= 4 is 11.8 Å². The van der Waals surface area contributed by atoms with Gasteiger partial charge < -0.3 is 20.5 Å². The molecule has 0 unspecified atom stereocenters. The predicted molar refractivity (Wildman–Crippen MR) is 67.2 cm³/mol. The topological polar surface area (TPSA) is 82.3 Å². The zero-order valence-electron chi connectivity index (χ0n) is 10.6. The molecule has 3 N–H and O–H groups in total. The van der Waals surface area contributed by atoms with Crippen molar-refractivity contribution in [3.63, 3.8) is 0 Å². The van der Waals surface area contributed by atoms with E-state index in [9.17, 15) is 0 Å². The first kappa shape index (κ1) is 13.5. The number of hydrogen-bond donors (Lipinski definition) is 2. The van der Waals surface area contributed by atoms with E-state index in [0.29, 0.717) is 18.2 Å². The van der Waals surface area contributed by atoms with E-state index in [1.54, 1.807) is 20.4 Å². The Labute approximate surface area is 102 Å². The van der Waals surface area contributed by atoms with Gasteiger partial charge in [-0.05, 0) is 6.42 Å². The number of hydrogen-bond acceptors (Lipinski definition) is 6. The number of nitrogens with zero attached hydrogens (tertiary/aromatic N) is 2. The van der Waals surface area contributed by atoms with Gasteiger partial charge in [-0.15, -0.1) is 0 Å². The van der Waals surface area contributed by atoms with Crippen molar-refractivity contribution in [1.82, 2.24) is 9.97 Å². The van der Waals surface area contributed by atoms with E-state index in [1.807, 2.05) is 0 Å². The van der Waals surface area contributed by atoms with Gasteiger partial charge in [-0.2, -0.15) is 4.98 Å². The van der Waals surface area contributed by atoms with Crippen LogP contribution >= 0.6 is 0 Å². The summed E-state index contributed by atoms with van der Waals surface area (Å²) >= 11 is 0. The molecule has 6 heteroatoms. The fourth-order valence-corrected chi connectivity index (χ4v) is 1.58. The number of anilines is 2. The van der Waals surface area contributed by atoms with Crippen LogP contribution < -0.4 is 15.8 Å². The molecule has 0 saturated carbocycles. The lowest BCUT2D eigenvalue weighted by atomic mass is 10.2. The molecule has 0 aliphatic heterocycles. The highest BCUT2D eigenvalue weighted by Gasteiger charge is 2.12. The Balaban J connectivity index is 2.79. The van der Waals surface area contributed by atoms with Crippen LogP contribution in [0, 0.1) is 0 Å². The van der Waals surface area contributed by atoms with Crippen LogP contribution in [-0.2, 0) is 4.74 Å². The van der Waals surface area contributed by atoms with Crippen molar-refractivity contribution in [2.45, 2.75) is 25.8 Å². The zero-order chi connectivity index (χ0) is 12.7. The number of ether oxygens (including phenoxy) is 2. The molecule has 0 amide bonds. The fraction of sp³-hybridized carbons (Fsp3) is 0.636. The molecule has 0 aromatic carbocycles. The van der Waals surface area contributed by atoms with Gasteiger partial charge in [0.2, 0.25) is 5.95 Å². The van der Waals surface area contributed by atoms with Gasteiger partial charge in [-0.25, -0.2) is 4.98 Å². The Bertz CT molecular complexity index is 340. The van der Waals surface area contributed by atoms with Gasteiger partial charge in [-0.3, -0.25) is 0 Å². The minimum atomic E-state index is 0.188. The molecule has 1 heterocycles. The van der Waals surface area contributed by atoms with Crippen molar-refractivity contribution in [2.24, 2.45) is 0 Å². The van der Waals surface area contributed by atoms with Crippen LogP contribution in [-0.4, -0.2) is 36.8 Å². The number of aromatic nitrogens is 2. The molecule has 0 saturated heterocycles. The van der Waals surface area contributed by atoms with Crippen molar-refractivity contribution in [2.75, 3.05) is 31.9 Å². The Morgan fingerprint density at radius 2 is 2.24 bits per heavy atom. The molecule has 1 atom stereocenters. The Morgan fingerprint density at radius 3 is 2.82 bits per heavy atom. The highest BCUT2D eigenvalue weighted by molar-refractivity contribution is 5.51. The van der Waals surface area contributed by atoms with Gasteiger partial charge in [0.05, 0.1) is 26.0 Å². The first-order valence-corrected chi connectivity index (χ1v) is 5.63. The van der Waals surface area contributed by atoms with E-state index >= 15 is 0 Å². The normalized spacial score (nSPS) is 12.2. The van der Waals surface area contributed by atoms with Crippen LogP contribution in [0.15, 0.2) is 6.20 Å². The fourth-order valence-electron chi connectivity index (χ4n) is 1.58. The second-order valence-corrected chi connectivity index (χ2v) is 3.73. The SMILES string of the molecule is CCC[C@@H](COC)Nc1nc(N)ncc1OC. The van der Waals surface area contributed by atoms with Crippen molar-refractivity contribution in [1.29, 1.82) is 0 Å². The summed E-state index contributed by atoms with van der Waals surface area (Å²) in [7, 11) is 3.25. The monoisotopic (exact) mass is 240 g/mol. The smallest absolute Gasteiger partial charge is 0.222 e. The minimum Gasteiger partial charge on any atom is -0.491 e. The molecule has 0 fully saturated rings. The maximum absolute atomic E-state index is 5.56. The van der Waals surface area contributed by atoms with E-state index in [4.69, 9.17) is 15.2 Å². The molecule has 96 valence electrons. The summed E-state index contributed by atoms with van der Waals surface area (Å²) in [5.74, 6) is 1.41. The van der Waals surface area contributed by atoms with Gasteiger partial charge in [0.15, 0.2) is 11.6 Å². The number of rotatable bonds is 7. The minimum absolute atomic E-state index is 0.188. The second kappa shape index (κ2) is 6.90. The van der Waals surface area contributed by atoms with Crippen molar-refractivity contribution in [3.05, 3.63) is 6.20 Å². The summed E-state index contributed by atoms with van der Waals surface area (Å²) in [6.07, 6.45) is 3.60. The van der Waals surface area contributed by atoms with Crippen molar-refractivity contribution < 1.29 is 9.47 Å². The van der Waals surface area contributed by atoms with Gasteiger partial charge in [0.25, 0.3) is 0 Å². The van der Waals surface area contributed by atoms with E-state index in [-0.39, 0.29) is 12.0 Å². The first-order chi connectivity index (χ1) is 8.21. The number of nitrogens with two attached hydrogens (primary N) is 1. The lowest BCUT2D eigenvalue weighted by Gasteiger charge is -2.19. The highest BCUT2D eigenvalue weighted by atomic mass is 16.5. The van der Waals surface area contributed by atoms with E-state index in [1.165, 1.54) is 0 Å². The van der Waals surface area contributed by atoms with E-state index in [2.05, 4.69) is 22.2 Å². The third kappa shape index (κ3) is 4.07. The third-order valence-electron chi connectivity index (χ3n) is 2.34. The summed E-state index contributed by atoms with van der Waals surface area (Å²) in [5.41, 5.74) is 5.56. The highest BCUT2D eigenvalue weighted by Crippen LogP contribution is 2.22. The molecule has 0 bridgehead atoms. The summed E-state index contributed by atoms with van der Waals surface area (Å²) in [6.45, 7) is 2.73. The molecular weight excluding hydrogens is 220 g/mol. The summed E-state index contributed by atoms with van der Waals surface area (Å²) in [4.78, 5) is 8.00. The number of nitrogens with one attached hydrogen (secondary N) is 1. The van der Waals surface area contributed by atoms with Crippen LogP contribution in [0.3, 0.4) is 0 Å². The standard InChI is InChI=1S/C11H20N4O2/c1-4-5-8(7-16-2)14-10-9(17-3)6-13-11(12)15-10/h6,8H,4-5,7H2,1-3H3,(H3,12,13,14,15)/t8-/m0/s1. The van der Waals surface area contributed by atoms with Crippen molar-refractivity contribution in [3.8, 4) is 5.75 Å². The lowest BCUT2D eigenvalue weighted by molar-refractivity contribution is 0.182. The molecule has 6 nitrogen and oxygen atoms in total. The lowest BCUT2D eigenvalue weighted by Crippen LogP contribution is -2.25. The molecule has 17 heavy (non-hydrogen) atoms. The molecule has 1 aromatic heterocycles. The molecule has 0 aliphatic carbocycles. The van der Waals surface area contributed by atoms with Crippen LogP contribution in [0.2, 0.25) is 0 Å². The van der Waals surface area contributed by atoms with Gasteiger partial charge in [0.1, 0.15) is 0 Å². The molecule has 0 radical (unpaired) electrons. The van der Waals surface area contributed by atoms with Gasteiger partial charge in [-0.1, -0.05) is 13.3 Å². The Kier molecular flexibility index (Phi) is 5.48. The van der Waals surface area contributed by atoms with Crippen LogP contribution in [0.25, 0.3) is 0 Å². The maximum atomic E-state index is 5.56. The van der Waals surface area contributed by atoms with Gasteiger partial charge >= 0.3 is 0 Å². The summed E-state index contributed by atoms with van der Waals surface area (Å²) < 4.78 is 10.3. The Morgan fingerprint density at radius 1 is 1.47 bits per heavy atom. The maximum Gasteiger partial charge on any atom is 0.222 e. The summed E-state index contributed by atoms with van der Waals surface area (Å²) in [6, 6.07) is 0.188. The van der Waals surface area contributed by atoms with Gasteiger partial charge in [0, 0.05) is 7.11 Å². The average molecular weight is 240 g/mol. The molecular formula is C11H20N4O2. The van der Waals surface area contributed by atoms with E-state index < -0.39 is 0 Å². The van der Waals surface area contributed by atoms with Crippen LogP contribution in [0.5, 0.6) is 5.75 Å². The largest absolute Gasteiger partial charge is 0.491 e. The molecule has 0 spiro atoms. The zero-order valence-corrected chi connectivity index (χ0v) is 10.6. The van der Waals surface area contributed by atoms with Crippen LogP contribution in [0.1, 0.15) is 19.8 Å². The molecule has 0 aliphatic rings. The Hall–Kier alpha value is -1.56. The number of methoxy groups -OCH3 is 2. The molecule has 1 rings (SSSR count). The number of nitrogen functional groups attached to an aromatic ring is 1. The molecule has 1 aromatic rings.